The van der Waals surface area contributed by atoms with Crippen molar-refractivity contribution in [2.45, 2.75) is 13.5 Å². The van der Waals surface area contributed by atoms with Crippen LogP contribution in [0.4, 0.5) is 0 Å². The summed E-state index contributed by atoms with van der Waals surface area (Å²) in [7, 11) is 0. The molecule has 82 valence electrons. The van der Waals surface area contributed by atoms with Gasteiger partial charge in [-0.1, -0.05) is 0 Å². The summed E-state index contributed by atoms with van der Waals surface area (Å²) in [6, 6.07) is 6.97. The molecule has 0 aromatic carbocycles. The van der Waals surface area contributed by atoms with Crippen molar-refractivity contribution in [2.24, 2.45) is 0 Å². The zero-order valence-electron chi connectivity index (χ0n) is 8.84. The lowest BCUT2D eigenvalue weighted by Gasteiger charge is -2.06. The maximum Gasteiger partial charge on any atom is 0.224 e. The highest BCUT2D eigenvalue weighted by molar-refractivity contribution is 5.96. The first-order valence-corrected chi connectivity index (χ1v) is 4.88. The summed E-state index contributed by atoms with van der Waals surface area (Å²) >= 11 is 0. The van der Waals surface area contributed by atoms with E-state index in [1.807, 2.05) is 0 Å². The summed E-state index contributed by atoms with van der Waals surface area (Å²) in [6.45, 7) is 1.75. The number of Topliss-reactive ketones (excluding diaryl/α,β-unsaturated/α-hetero) is 1. The van der Waals surface area contributed by atoms with Gasteiger partial charge in [0.2, 0.25) is 5.88 Å². The van der Waals surface area contributed by atoms with Gasteiger partial charge in [-0.25, -0.2) is 4.98 Å². The molecule has 0 aliphatic heterocycles. The minimum atomic E-state index is -0.0671. The van der Waals surface area contributed by atoms with E-state index >= 15 is 0 Å². The van der Waals surface area contributed by atoms with Gasteiger partial charge in [-0.05, 0) is 31.2 Å². The van der Waals surface area contributed by atoms with Crippen LogP contribution in [0.25, 0.3) is 0 Å². The van der Waals surface area contributed by atoms with Crippen LogP contribution >= 0.6 is 0 Å². The average molecular weight is 217 g/mol. The molecular weight excluding hydrogens is 206 g/mol. The molecule has 0 radical (unpaired) electrons. The van der Waals surface area contributed by atoms with Crippen molar-refractivity contribution >= 4 is 5.78 Å². The van der Waals surface area contributed by atoms with Crippen LogP contribution in [0.3, 0.4) is 0 Å². The molecule has 16 heavy (non-hydrogen) atoms. The first kappa shape index (κ1) is 10.4. The molecule has 4 heteroatoms. The number of furan rings is 1. The molecule has 0 spiro atoms. The topological polar surface area (TPSA) is 52.3 Å². The molecule has 0 saturated carbocycles. The molecular formula is C12H11NO3. The summed E-state index contributed by atoms with van der Waals surface area (Å²) in [5.41, 5.74) is 0.481. The van der Waals surface area contributed by atoms with Gasteiger partial charge in [0, 0.05) is 6.20 Å². The number of nitrogens with zero attached hydrogens (tertiary/aromatic N) is 1. The van der Waals surface area contributed by atoms with E-state index in [4.69, 9.17) is 9.15 Å². The highest BCUT2D eigenvalue weighted by Crippen LogP contribution is 2.16. The van der Waals surface area contributed by atoms with E-state index in [9.17, 15) is 4.79 Å². The Morgan fingerprint density at radius 3 is 3.00 bits per heavy atom. The van der Waals surface area contributed by atoms with Crippen molar-refractivity contribution in [3.05, 3.63) is 48.0 Å². The van der Waals surface area contributed by atoms with Crippen molar-refractivity contribution in [2.75, 3.05) is 0 Å². The van der Waals surface area contributed by atoms with Gasteiger partial charge in [-0.3, -0.25) is 4.79 Å². The number of hydrogen-bond donors (Lipinski definition) is 0. The van der Waals surface area contributed by atoms with Gasteiger partial charge >= 0.3 is 0 Å². The summed E-state index contributed by atoms with van der Waals surface area (Å²) in [5, 5.41) is 0. The lowest BCUT2D eigenvalue weighted by Crippen LogP contribution is -2.02. The van der Waals surface area contributed by atoms with E-state index in [1.54, 1.807) is 36.7 Å². The van der Waals surface area contributed by atoms with E-state index in [0.29, 0.717) is 17.2 Å². The van der Waals surface area contributed by atoms with E-state index < -0.39 is 0 Å². The molecule has 0 fully saturated rings. The Balaban J connectivity index is 2.12. The minimum absolute atomic E-state index is 0.0671. The number of ketones is 1. The van der Waals surface area contributed by atoms with Crippen molar-refractivity contribution in [3.8, 4) is 5.88 Å². The fourth-order valence-electron chi connectivity index (χ4n) is 1.31. The molecule has 0 amide bonds. The maximum atomic E-state index is 11.3. The molecule has 0 atom stereocenters. The van der Waals surface area contributed by atoms with Crippen LogP contribution < -0.4 is 4.74 Å². The predicted octanol–water partition coefficient (Wildman–Crippen LogP) is 2.46. The molecule has 2 heterocycles. The highest BCUT2D eigenvalue weighted by atomic mass is 16.5. The van der Waals surface area contributed by atoms with Crippen LogP contribution in [-0.2, 0) is 6.61 Å². The third-order valence-electron chi connectivity index (χ3n) is 2.08. The van der Waals surface area contributed by atoms with E-state index in [1.165, 1.54) is 6.92 Å². The quantitative estimate of drug-likeness (QED) is 0.738. The van der Waals surface area contributed by atoms with Gasteiger partial charge in [0.25, 0.3) is 0 Å². The average Bonchev–Trinajstić information content (AvgIpc) is 2.79. The van der Waals surface area contributed by atoms with Crippen LogP contribution in [0, 0.1) is 0 Å². The molecule has 0 saturated heterocycles. The van der Waals surface area contributed by atoms with Crippen LogP contribution in [0.5, 0.6) is 5.88 Å². The predicted molar refractivity (Wildman–Crippen MR) is 57.3 cm³/mol. The van der Waals surface area contributed by atoms with Gasteiger partial charge in [-0.2, -0.15) is 0 Å². The number of hydrogen-bond acceptors (Lipinski definition) is 4. The van der Waals surface area contributed by atoms with Gasteiger partial charge in [0.15, 0.2) is 5.78 Å². The Morgan fingerprint density at radius 1 is 1.44 bits per heavy atom. The maximum absolute atomic E-state index is 11.3. The van der Waals surface area contributed by atoms with E-state index in [0.717, 1.165) is 0 Å². The van der Waals surface area contributed by atoms with Crippen molar-refractivity contribution < 1.29 is 13.9 Å². The third kappa shape index (κ3) is 2.28. The number of carbonyl (C=O) groups excluding carboxylic acids is 1. The van der Waals surface area contributed by atoms with E-state index in [-0.39, 0.29) is 12.4 Å². The van der Waals surface area contributed by atoms with Gasteiger partial charge in [-0.15, -0.1) is 0 Å². The summed E-state index contributed by atoms with van der Waals surface area (Å²) in [4.78, 5) is 15.3. The highest BCUT2D eigenvalue weighted by Gasteiger charge is 2.09. The van der Waals surface area contributed by atoms with E-state index in [2.05, 4.69) is 4.98 Å². The molecule has 0 N–H and O–H groups in total. The van der Waals surface area contributed by atoms with Crippen LogP contribution in [0.15, 0.2) is 41.1 Å². The van der Waals surface area contributed by atoms with Crippen molar-refractivity contribution in [1.82, 2.24) is 4.98 Å². The Bertz CT molecular complexity index is 477. The molecule has 0 unspecified atom stereocenters. The molecule has 2 aromatic heterocycles. The van der Waals surface area contributed by atoms with Crippen molar-refractivity contribution in [1.29, 1.82) is 0 Å². The molecule has 2 rings (SSSR count). The Hall–Kier alpha value is -2.10. The van der Waals surface area contributed by atoms with Gasteiger partial charge < -0.3 is 9.15 Å². The lowest BCUT2D eigenvalue weighted by molar-refractivity contribution is 0.101. The number of aromatic nitrogens is 1. The Labute approximate surface area is 92.9 Å². The standard InChI is InChI=1S/C12H11NO3/c1-9(14)11-5-2-6-13-12(11)16-8-10-4-3-7-15-10/h2-7H,8H2,1H3. The fourth-order valence-corrected chi connectivity index (χ4v) is 1.31. The Morgan fingerprint density at radius 2 is 2.31 bits per heavy atom. The number of carbonyl (C=O) groups is 1. The zero-order valence-corrected chi connectivity index (χ0v) is 8.84. The number of pyridine rings is 1. The van der Waals surface area contributed by atoms with Gasteiger partial charge in [0.1, 0.15) is 12.4 Å². The smallest absolute Gasteiger partial charge is 0.224 e. The lowest BCUT2D eigenvalue weighted by atomic mass is 10.2. The first-order chi connectivity index (χ1) is 7.77. The fraction of sp³-hybridized carbons (Fsp3) is 0.167. The third-order valence-corrected chi connectivity index (χ3v) is 2.08. The second-order valence-electron chi connectivity index (χ2n) is 3.28. The van der Waals surface area contributed by atoms with Crippen molar-refractivity contribution in [3.63, 3.8) is 0 Å². The van der Waals surface area contributed by atoms with Crippen LogP contribution in [-0.4, -0.2) is 10.8 Å². The summed E-state index contributed by atoms with van der Waals surface area (Å²) in [6.07, 6.45) is 3.16. The second kappa shape index (κ2) is 4.61. The first-order valence-electron chi connectivity index (χ1n) is 4.88. The zero-order chi connectivity index (χ0) is 11.4. The monoisotopic (exact) mass is 217 g/mol. The second-order valence-corrected chi connectivity index (χ2v) is 3.28. The molecule has 2 aromatic rings. The minimum Gasteiger partial charge on any atom is -0.469 e. The van der Waals surface area contributed by atoms with Crippen LogP contribution in [0.1, 0.15) is 23.0 Å². The van der Waals surface area contributed by atoms with Crippen LogP contribution in [0.2, 0.25) is 0 Å². The molecule has 4 nitrogen and oxygen atoms in total. The SMILES string of the molecule is CC(=O)c1cccnc1OCc1ccco1. The molecule has 0 bridgehead atoms. The summed E-state index contributed by atoms with van der Waals surface area (Å²) in [5.74, 6) is 0.967. The Kier molecular flexibility index (Phi) is 3.00. The van der Waals surface area contributed by atoms with Gasteiger partial charge in [0.05, 0.1) is 11.8 Å². The molecule has 0 aliphatic rings. The number of rotatable bonds is 4. The number of ether oxygens (including phenoxy) is 1. The molecule has 0 aliphatic carbocycles. The summed E-state index contributed by atoms with van der Waals surface area (Å²) < 4.78 is 10.5. The normalized spacial score (nSPS) is 10.1. The largest absolute Gasteiger partial charge is 0.469 e.